The van der Waals surface area contributed by atoms with Gasteiger partial charge in [0.2, 0.25) is 0 Å². The van der Waals surface area contributed by atoms with Crippen LogP contribution in [0.15, 0.2) is 24.3 Å². The summed E-state index contributed by atoms with van der Waals surface area (Å²) in [6, 6.07) is 7.56. The molecule has 5 rings (SSSR count). The van der Waals surface area contributed by atoms with Gasteiger partial charge >= 0.3 is 12.1 Å². The Kier molecular flexibility index (Phi) is 5.93. The van der Waals surface area contributed by atoms with Gasteiger partial charge < -0.3 is 20.6 Å². The minimum Gasteiger partial charge on any atom is -0.465 e. The summed E-state index contributed by atoms with van der Waals surface area (Å²) in [6.45, 7) is 6.88. The van der Waals surface area contributed by atoms with E-state index in [1.807, 2.05) is 45.0 Å². The first-order valence-electron chi connectivity index (χ1n) is 11.8. The van der Waals surface area contributed by atoms with Crippen LogP contribution in [0.4, 0.5) is 15.3 Å². The van der Waals surface area contributed by atoms with Crippen LogP contribution in [0.2, 0.25) is 0 Å². The Balaban J connectivity index is 1.29. The summed E-state index contributed by atoms with van der Waals surface area (Å²) < 4.78 is 0. The topological polar surface area (TPSA) is 81.7 Å². The first-order valence-corrected chi connectivity index (χ1v) is 11.8. The molecule has 31 heavy (non-hydrogen) atoms. The van der Waals surface area contributed by atoms with Crippen LogP contribution in [0.1, 0.15) is 64.9 Å². The Morgan fingerprint density at radius 1 is 1.10 bits per heavy atom. The second kappa shape index (κ2) is 8.36. The number of hydrogen-bond donors (Lipinski definition) is 3. The maximum absolute atomic E-state index is 12.6. The number of urea groups is 1. The second-order valence-corrected chi connectivity index (χ2v) is 11.3. The van der Waals surface area contributed by atoms with Gasteiger partial charge in [0.1, 0.15) is 0 Å². The number of carbonyl (C=O) groups is 2. The highest BCUT2D eigenvalue weighted by atomic mass is 16.4. The molecule has 170 valence electrons. The van der Waals surface area contributed by atoms with Crippen molar-refractivity contribution >= 4 is 17.8 Å². The Morgan fingerprint density at radius 2 is 1.71 bits per heavy atom. The van der Waals surface area contributed by atoms with Crippen LogP contribution in [-0.2, 0) is 6.42 Å². The lowest BCUT2D eigenvalue weighted by molar-refractivity contribution is -0.0496. The average Bonchev–Trinajstić information content (AvgIpc) is 2.64. The van der Waals surface area contributed by atoms with Crippen molar-refractivity contribution in [2.75, 3.05) is 18.4 Å². The van der Waals surface area contributed by atoms with E-state index < -0.39 is 11.6 Å². The smallest absolute Gasteiger partial charge is 0.407 e. The summed E-state index contributed by atoms with van der Waals surface area (Å²) in [4.78, 5) is 25.6. The van der Waals surface area contributed by atoms with Gasteiger partial charge in [0.25, 0.3) is 0 Å². The van der Waals surface area contributed by atoms with E-state index in [1.165, 1.54) is 43.4 Å². The molecule has 6 nitrogen and oxygen atoms in total. The molecule has 0 heterocycles. The lowest BCUT2D eigenvalue weighted by atomic mass is 9.49. The molecule has 0 spiro atoms. The van der Waals surface area contributed by atoms with E-state index in [0.717, 1.165) is 35.5 Å². The molecule has 3 N–H and O–H groups in total. The number of carbonyl (C=O) groups excluding carboxylic acids is 1. The van der Waals surface area contributed by atoms with Gasteiger partial charge in [0.15, 0.2) is 0 Å². The molecule has 4 aliphatic rings. The highest BCUT2D eigenvalue weighted by molar-refractivity contribution is 5.89. The quantitative estimate of drug-likeness (QED) is 0.573. The molecule has 3 amide bonds. The zero-order valence-electron chi connectivity index (χ0n) is 19.1. The molecule has 0 atom stereocenters. The SMILES string of the molecule is CC(C)(C)N(CCc1cccc(NC(=O)NCC23CC4CC(CC(C4)C2)C3)c1)C(=O)O. The molecule has 0 saturated heterocycles. The van der Waals surface area contributed by atoms with Gasteiger partial charge in [-0.1, -0.05) is 12.1 Å². The molecule has 0 aromatic heterocycles. The number of nitrogens with one attached hydrogen (secondary N) is 2. The number of amides is 3. The minimum atomic E-state index is -0.911. The zero-order chi connectivity index (χ0) is 22.2. The first kappa shape index (κ1) is 22.0. The average molecular weight is 428 g/mol. The molecule has 0 radical (unpaired) electrons. The molecule has 4 aliphatic carbocycles. The third-order valence-corrected chi connectivity index (χ3v) is 7.64. The molecule has 1 aromatic carbocycles. The maximum atomic E-state index is 12.6. The summed E-state index contributed by atoms with van der Waals surface area (Å²) in [5.41, 5.74) is 1.63. The van der Waals surface area contributed by atoms with Crippen LogP contribution in [-0.4, -0.2) is 40.8 Å². The number of benzene rings is 1. The Bertz CT molecular complexity index is 794. The number of anilines is 1. The van der Waals surface area contributed by atoms with Gasteiger partial charge in [-0.15, -0.1) is 0 Å². The van der Waals surface area contributed by atoms with Crippen LogP contribution in [0.5, 0.6) is 0 Å². The summed E-state index contributed by atoms with van der Waals surface area (Å²) in [6.07, 6.45) is 7.76. The van der Waals surface area contributed by atoms with E-state index in [-0.39, 0.29) is 6.03 Å². The highest BCUT2D eigenvalue weighted by Crippen LogP contribution is 2.59. The third kappa shape index (κ3) is 5.16. The fourth-order valence-electron chi connectivity index (χ4n) is 6.71. The summed E-state index contributed by atoms with van der Waals surface area (Å²) in [5, 5.41) is 15.6. The van der Waals surface area contributed by atoms with Gasteiger partial charge in [-0.25, -0.2) is 9.59 Å². The number of carboxylic acid groups (broad SMARTS) is 1. The molecule has 4 bridgehead atoms. The van der Waals surface area contributed by atoms with Crippen molar-refractivity contribution in [2.45, 2.75) is 71.3 Å². The van der Waals surface area contributed by atoms with Crippen molar-refractivity contribution in [1.29, 1.82) is 0 Å². The van der Waals surface area contributed by atoms with E-state index in [9.17, 15) is 14.7 Å². The van der Waals surface area contributed by atoms with E-state index in [2.05, 4.69) is 10.6 Å². The summed E-state index contributed by atoms with van der Waals surface area (Å²) in [7, 11) is 0. The van der Waals surface area contributed by atoms with E-state index in [0.29, 0.717) is 18.4 Å². The van der Waals surface area contributed by atoms with Gasteiger partial charge in [-0.3, -0.25) is 0 Å². The molecule has 0 aliphatic heterocycles. The van der Waals surface area contributed by atoms with E-state index >= 15 is 0 Å². The summed E-state index contributed by atoms with van der Waals surface area (Å²) >= 11 is 0. The van der Waals surface area contributed by atoms with Gasteiger partial charge in [-0.2, -0.15) is 0 Å². The molecule has 6 heteroatoms. The lowest BCUT2D eigenvalue weighted by Crippen LogP contribution is -2.51. The van der Waals surface area contributed by atoms with Gasteiger partial charge in [0.05, 0.1) is 0 Å². The molecular weight excluding hydrogens is 390 g/mol. The summed E-state index contributed by atoms with van der Waals surface area (Å²) in [5.74, 6) is 2.64. The predicted molar refractivity (Wildman–Crippen MR) is 122 cm³/mol. The largest absolute Gasteiger partial charge is 0.465 e. The lowest BCUT2D eigenvalue weighted by Gasteiger charge is -2.56. The standard InChI is InChI=1S/C25H37N3O3/c1-24(2,3)28(23(30)31)8-7-17-5-4-6-21(12-17)27-22(29)26-16-25-13-18-9-19(14-25)11-20(10-18)15-25/h4-6,12,18-20H,7-11,13-16H2,1-3H3,(H,30,31)(H2,26,27,29). The number of rotatable bonds is 6. The van der Waals surface area contributed by atoms with Crippen LogP contribution < -0.4 is 10.6 Å². The normalized spacial score (nSPS) is 28.9. The monoisotopic (exact) mass is 427 g/mol. The fraction of sp³-hybridized carbons (Fsp3) is 0.680. The molecule has 4 saturated carbocycles. The van der Waals surface area contributed by atoms with Crippen LogP contribution >= 0.6 is 0 Å². The van der Waals surface area contributed by atoms with E-state index in [1.54, 1.807) is 0 Å². The molecule has 4 fully saturated rings. The Hall–Kier alpha value is -2.24. The van der Waals surface area contributed by atoms with Crippen molar-refractivity contribution in [3.05, 3.63) is 29.8 Å². The molecule has 1 aromatic rings. The Morgan fingerprint density at radius 3 is 2.26 bits per heavy atom. The number of hydrogen-bond acceptors (Lipinski definition) is 2. The van der Waals surface area contributed by atoms with Crippen molar-refractivity contribution < 1.29 is 14.7 Å². The molecule has 0 unspecified atom stereocenters. The van der Waals surface area contributed by atoms with Crippen molar-refractivity contribution in [3.8, 4) is 0 Å². The maximum Gasteiger partial charge on any atom is 0.407 e. The zero-order valence-corrected chi connectivity index (χ0v) is 19.1. The third-order valence-electron chi connectivity index (χ3n) is 7.64. The highest BCUT2D eigenvalue weighted by Gasteiger charge is 2.50. The second-order valence-electron chi connectivity index (χ2n) is 11.3. The number of nitrogens with zero attached hydrogens (tertiary/aromatic N) is 1. The minimum absolute atomic E-state index is 0.144. The molecular formula is C25H37N3O3. The Labute approximate surface area is 185 Å². The van der Waals surface area contributed by atoms with Crippen LogP contribution in [0.3, 0.4) is 0 Å². The first-order chi connectivity index (χ1) is 14.6. The van der Waals surface area contributed by atoms with Crippen LogP contribution in [0.25, 0.3) is 0 Å². The van der Waals surface area contributed by atoms with Crippen molar-refractivity contribution in [3.63, 3.8) is 0 Å². The fourth-order valence-corrected chi connectivity index (χ4v) is 6.71. The van der Waals surface area contributed by atoms with Crippen LogP contribution in [0, 0.1) is 23.2 Å². The predicted octanol–water partition coefficient (Wildman–Crippen LogP) is 5.35. The van der Waals surface area contributed by atoms with E-state index in [4.69, 9.17) is 0 Å². The van der Waals surface area contributed by atoms with Crippen molar-refractivity contribution in [1.82, 2.24) is 10.2 Å². The van der Waals surface area contributed by atoms with Gasteiger partial charge in [-0.05, 0) is 107 Å². The van der Waals surface area contributed by atoms with Gasteiger partial charge in [0, 0.05) is 24.3 Å². The van der Waals surface area contributed by atoms with Crippen molar-refractivity contribution in [2.24, 2.45) is 23.2 Å².